The summed E-state index contributed by atoms with van der Waals surface area (Å²) >= 11 is 0. The highest BCUT2D eigenvalue weighted by Crippen LogP contribution is 2.44. The van der Waals surface area contributed by atoms with Gasteiger partial charge in [-0.2, -0.15) is 0 Å². The SMILES string of the molecule is CCn1c2ccc(B(c3c(C)cc(C)cc3C)c3c(C)cc(C)cc3C)cc2c2cc(/C(=C(/c3ccccc3)c3cccc4c3c3cc(B(c5c(C)cc(C)cc5C)c5c(C)cc(C)cc5C)ccc3n4CC)c3ccccc3)ccc21. The number of aromatic nitrogens is 2. The minimum absolute atomic E-state index is 0.0458. The Morgan fingerprint density at radius 2 is 0.659 bits per heavy atom. The van der Waals surface area contributed by atoms with Crippen molar-refractivity contribution in [1.82, 2.24) is 9.13 Å². The van der Waals surface area contributed by atoms with Crippen molar-refractivity contribution in [1.29, 1.82) is 0 Å². The Balaban J connectivity index is 1.16. The highest BCUT2D eigenvalue weighted by atomic mass is 15.0. The predicted molar refractivity (Wildman–Crippen MR) is 360 cm³/mol. The van der Waals surface area contributed by atoms with Gasteiger partial charge in [-0.25, -0.2) is 0 Å². The molecule has 12 rings (SSSR count). The van der Waals surface area contributed by atoms with Crippen LogP contribution in [0.1, 0.15) is 103 Å². The smallest absolute Gasteiger partial charge is 0.242 e. The summed E-state index contributed by atoms with van der Waals surface area (Å²) in [4.78, 5) is 0. The molecule has 0 radical (unpaired) electrons. The quantitative estimate of drug-likeness (QED) is 0.0852. The normalized spacial score (nSPS) is 12.1. The number of fused-ring (bicyclic) bond motifs is 6. The summed E-state index contributed by atoms with van der Waals surface area (Å²) in [5.41, 5.74) is 36.4. The zero-order chi connectivity index (χ0) is 57.4. The summed E-state index contributed by atoms with van der Waals surface area (Å²) in [5, 5.41) is 5.12. The molecule has 0 unspecified atom stereocenters. The molecule has 0 aliphatic heterocycles. The van der Waals surface area contributed by atoms with Gasteiger partial charge in [0, 0.05) is 56.7 Å². The fourth-order valence-corrected chi connectivity index (χ4v) is 15.3. The first kappa shape index (κ1) is 54.3. The summed E-state index contributed by atoms with van der Waals surface area (Å²) in [6.07, 6.45) is 0. The van der Waals surface area contributed by atoms with E-state index in [9.17, 15) is 0 Å². The minimum Gasteiger partial charge on any atom is -0.341 e. The molecule has 0 aliphatic carbocycles. The van der Waals surface area contributed by atoms with Crippen LogP contribution in [0.5, 0.6) is 0 Å². The van der Waals surface area contributed by atoms with Gasteiger partial charge in [0.2, 0.25) is 13.4 Å². The Morgan fingerprint density at radius 3 is 1.07 bits per heavy atom. The molecular weight excluding hydrogens is 986 g/mol. The lowest BCUT2D eigenvalue weighted by Gasteiger charge is -2.25. The van der Waals surface area contributed by atoms with Crippen LogP contribution in [0.3, 0.4) is 0 Å². The van der Waals surface area contributed by atoms with Gasteiger partial charge in [-0.1, -0.05) is 251 Å². The topological polar surface area (TPSA) is 9.86 Å². The molecule has 0 aliphatic rings. The van der Waals surface area contributed by atoms with E-state index in [1.54, 1.807) is 0 Å². The van der Waals surface area contributed by atoms with Crippen molar-refractivity contribution in [3.05, 3.63) is 271 Å². The third kappa shape index (κ3) is 9.25. The second-order valence-electron chi connectivity index (χ2n) is 24.1. The largest absolute Gasteiger partial charge is 0.341 e. The van der Waals surface area contributed by atoms with Crippen LogP contribution >= 0.6 is 0 Å². The Bertz CT molecular complexity index is 4340. The first-order valence-electron chi connectivity index (χ1n) is 29.8. The molecule has 2 nitrogen and oxygen atoms in total. The molecule has 2 heterocycles. The molecule has 12 aromatic rings. The maximum absolute atomic E-state index is 2.57. The van der Waals surface area contributed by atoms with Gasteiger partial charge in [0.15, 0.2) is 0 Å². The van der Waals surface area contributed by atoms with Gasteiger partial charge in [0.1, 0.15) is 0 Å². The number of rotatable bonds is 12. The highest BCUT2D eigenvalue weighted by molar-refractivity contribution is 6.97. The highest BCUT2D eigenvalue weighted by Gasteiger charge is 2.32. The van der Waals surface area contributed by atoms with E-state index in [2.05, 4.69) is 288 Å². The van der Waals surface area contributed by atoms with Crippen LogP contribution in [0, 0.1) is 83.1 Å². The van der Waals surface area contributed by atoms with Gasteiger partial charge in [0.05, 0.1) is 0 Å². The van der Waals surface area contributed by atoms with Crippen molar-refractivity contribution >= 4 is 101 Å². The minimum atomic E-state index is 0.0458. The van der Waals surface area contributed by atoms with Gasteiger partial charge in [-0.05, 0) is 161 Å². The first-order chi connectivity index (χ1) is 39.5. The van der Waals surface area contributed by atoms with E-state index in [1.165, 1.54) is 177 Å². The molecule has 0 amide bonds. The second kappa shape index (κ2) is 21.5. The Kier molecular flexibility index (Phi) is 14.2. The third-order valence-corrected chi connectivity index (χ3v) is 18.1. The number of hydrogen-bond acceptors (Lipinski definition) is 0. The summed E-state index contributed by atoms with van der Waals surface area (Å²) in [6.45, 7) is 33.8. The molecule has 10 aromatic carbocycles. The molecule has 0 spiro atoms. The fraction of sp³-hybridized carbons (Fsp3) is 0.205. The van der Waals surface area contributed by atoms with Gasteiger partial charge in [-0.3, -0.25) is 0 Å². The lowest BCUT2D eigenvalue weighted by molar-refractivity contribution is 0.827. The van der Waals surface area contributed by atoms with Crippen molar-refractivity contribution in [2.24, 2.45) is 0 Å². The summed E-state index contributed by atoms with van der Waals surface area (Å²) in [6, 6.07) is 70.6. The molecule has 0 bridgehead atoms. The van der Waals surface area contributed by atoms with E-state index in [-0.39, 0.29) is 13.4 Å². The Labute approximate surface area is 488 Å². The average molecular weight is 1060 g/mol. The molecule has 0 saturated carbocycles. The molecule has 404 valence electrons. The van der Waals surface area contributed by atoms with Crippen LogP contribution in [0.15, 0.2) is 182 Å². The maximum atomic E-state index is 2.57. The number of benzene rings is 10. The standard InChI is InChI=1S/C78H76B2N2/c1-15-81-68-33-30-61(44-65(68)66-45-62(31-34-69(66)81)79(75-51(7)36-47(3)37-52(75)8)76-53(9)38-48(4)39-54(76)10)72(59-24-19-17-20-25-59)73(60-26-21-18-22-27-60)64-28-23-29-71-74(64)67-46-63(32-35-70(67)82(71)16-2)80(77-55(11)40-49(5)41-56(77)12)78-57(13)42-50(6)43-58(78)14/h17-46H,15-16H2,1-14H3/b73-72-. The third-order valence-electron chi connectivity index (χ3n) is 18.1. The van der Waals surface area contributed by atoms with Crippen molar-refractivity contribution in [3.8, 4) is 0 Å². The van der Waals surface area contributed by atoms with Crippen molar-refractivity contribution in [2.75, 3.05) is 0 Å². The zero-order valence-electron chi connectivity index (χ0n) is 50.8. The van der Waals surface area contributed by atoms with E-state index in [0.717, 1.165) is 13.1 Å². The van der Waals surface area contributed by atoms with E-state index >= 15 is 0 Å². The molecule has 0 atom stereocenters. The summed E-state index contributed by atoms with van der Waals surface area (Å²) in [5.74, 6) is 0. The second-order valence-corrected chi connectivity index (χ2v) is 24.1. The van der Waals surface area contributed by atoms with Gasteiger partial charge < -0.3 is 9.13 Å². The predicted octanol–water partition coefficient (Wildman–Crippen LogP) is 15.7. The van der Waals surface area contributed by atoms with Gasteiger partial charge >= 0.3 is 0 Å². The van der Waals surface area contributed by atoms with Crippen molar-refractivity contribution < 1.29 is 0 Å². The molecule has 0 fully saturated rings. The average Bonchev–Trinajstić information content (AvgIpc) is 4.10. The molecule has 0 saturated heterocycles. The number of hydrogen-bond donors (Lipinski definition) is 0. The van der Waals surface area contributed by atoms with Crippen LogP contribution in [0.4, 0.5) is 0 Å². The van der Waals surface area contributed by atoms with Crippen LogP contribution in [0.25, 0.3) is 54.8 Å². The lowest BCUT2D eigenvalue weighted by atomic mass is 9.34. The van der Waals surface area contributed by atoms with E-state index in [1.807, 2.05) is 0 Å². The lowest BCUT2D eigenvalue weighted by Crippen LogP contribution is -2.55. The van der Waals surface area contributed by atoms with Crippen LogP contribution in [-0.2, 0) is 13.1 Å². The number of nitrogens with zero attached hydrogens (tertiary/aromatic N) is 2. The molecular formula is C78H76B2N2. The Hall–Kier alpha value is -8.33. The Morgan fingerprint density at radius 1 is 0.305 bits per heavy atom. The van der Waals surface area contributed by atoms with E-state index < -0.39 is 0 Å². The number of aryl methyl sites for hydroxylation is 14. The maximum Gasteiger partial charge on any atom is 0.242 e. The first-order valence-corrected chi connectivity index (χ1v) is 29.8. The van der Waals surface area contributed by atoms with Gasteiger partial charge in [0.25, 0.3) is 0 Å². The van der Waals surface area contributed by atoms with E-state index in [0.29, 0.717) is 0 Å². The van der Waals surface area contributed by atoms with E-state index in [4.69, 9.17) is 0 Å². The van der Waals surface area contributed by atoms with Crippen molar-refractivity contribution in [2.45, 2.75) is 110 Å². The molecule has 0 N–H and O–H groups in total. The molecule has 4 heteroatoms. The van der Waals surface area contributed by atoms with Crippen LogP contribution in [-0.4, -0.2) is 22.6 Å². The van der Waals surface area contributed by atoms with Crippen LogP contribution < -0.4 is 32.8 Å². The summed E-state index contributed by atoms with van der Waals surface area (Å²) < 4.78 is 5.06. The zero-order valence-corrected chi connectivity index (χ0v) is 50.8. The summed E-state index contributed by atoms with van der Waals surface area (Å²) in [7, 11) is 0. The van der Waals surface area contributed by atoms with Gasteiger partial charge in [-0.15, -0.1) is 0 Å². The van der Waals surface area contributed by atoms with Crippen LogP contribution in [0.2, 0.25) is 0 Å². The van der Waals surface area contributed by atoms with Crippen molar-refractivity contribution in [3.63, 3.8) is 0 Å². The molecule has 2 aromatic heterocycles. The monoisotopic (exact) mass is 1060 g/mol. The molecule has 82 heavy (non-hydrogen) atoms. The fourth-order valence-electron chi connectivity index (χ4n) is 15.3.